The molecule has 0 unspecified atom stereocenters. The van der Waals surface area contributed by atoms with Crippen molar-refractivity contribution in [3.05, 3.63) is 42.2 Å². The minimum absolute atomic E-state index is 0.359. The number of esters is 1. The summed E-state index contributed by atoms with van der Waals surface area (Å²) in [6.45, 7) is 7.93. The molecule has 0 radical (unpaired) electrons. The number of hydrogen-bond donors (Lipinski definition) is 0. The topological polar surface area (TPSA) is 61.3 Å². The zero-order chi connectivity index (χ0) is 23.7. The maximum atomic E-state index is 12.2. The van der Waals surface area contributed by atoms with Crippen LogP contribution < -0.4 is 4.74 Å². The molecule has 0 amide bonds. The number of carbonyl (C=O) groups is 1. The molecule has 5 heteroatoms. The molecule has 5 nitrogen and oxygen atoms in total. The first-order valence-corrected chi connectivity index (χ1v) is 12.9. The van der Waals surface area contributed by atoms with Crippen molar-refractivity contribution in [1.82, 2.24) is 9.97 Å². The maximum absolute atomic E-state index is 12.2. The van der Waals surface area contributed by atoms with Gasteiger partial charge in [0.1, 0.15) is 5.75 Å². The summed E-state index contributed by atoms with van der Waals surface area (Å²) >= 11 is 0. The lowest BCUT2D eigenvalue weighted by molar-refractivity contribution is 0.0496. The maximum Gasteiger partial charge on any atom is 0.341 e. The normalized spacial score (nSPS) is 11.8. The molecular formula is C28H42N2O3. The fraction of sp³-hybridized carbons (Fsp3) is 0.607. The van der Waals surface area contributed by atoms with Crippen LogP contribution in [0.1, 0.15) is 102 Å². The number of benzene rings is 1. The highest BCUT2D eigenvalue weighted by Crippen LogP contribution is 2.20. The molecule has 0 aliphatic heterocycles. The van der Waals surface area contributed by atoms with Crippen molar-refractivity contribution in [2.24, 2.45) is 5.92 Å². The van der Waals surface area contributed by atoms with Gasteiger partial charge in [-0.15, -0.1) is 0 Å². The van der Waals surface area contributed by atoms with Gasteiger partial charge in [-0.1, -0.05) is 78.6 Å². The first kappa shape index (κ1) is 26.8. The van der Waals surface area contributed by atoms with E-state index in [1.165, 1.54) is 63.8 Å². The largest absolute Gasteiger partial charge is 0.494 e. The Hall–Kier alpha value is -2.43. The van der Waals surface area contributed by atoms with Gasteiger partial charge in [-0.05, 0) is 43.0 Å². The van der Waals surface area contributed by atoms with Gasteiger partial charge in [-0.25, -0.2) is 14.8 Å². The van der Waals surface area contributed by atoms with Crippen molar-refractivity contribution < 1.29 is 14.3 Å². The van der Waals surface area contributed by atoms with E-state index < -0.39 is 0 Å². The van der Waals surface area contributed by atoms with Crippen molar-refractivity contribution in [2.75, 3.05) is 13.2 Å². The molecular weight excluding hydrogens is 412 g/mol. The molecule has 0 aliphatic carbocycles. The fourth-order valence-corrected chi connectivity index (χ4v) is 3.58. The molecule has 2 rings (SSSR count). The summed E-state index contributed by atoms with van der Waals surface area (Å²) in [7, 11) is 0. The van der Waals surface area contributed by atoms with Gasteiger partial charge >= 0.3 is 5.97 Å². The van der Waals surface area contributed by atoms with Crippen LogP contribution in [0.3, 0.4) is 0 Å². The van der Waals surface area contributed by atoms with Crippen LogP contribution in [0.5, 0.6) is 5.75 Å². The summed E-state index contributed by atoms with van der Waals surface area (Å²) in [5, 5.41) is 0. The number of aromatic nitrogens is 2. The zero-order valence-electron chi connectivity index (χ0n) is 20.9. The van der Waals surface area contributed by atoms with Gasteiger partial charge in [0.25, 0.3) is 0 Å². The van der Waals surface area contributed by atoms with Gasteiger partial charge in [0.15, 0.2) is 5.82 Å². The van der Waals surface area contributed by atoms with Gasteiger partial charge in [0, 0.05) is 18.0 Å². The number of hydrogen-bond acceptors (Lipinski definition) is 5. The molecule has 0 saturated carbocycles. The summed E-state index contributed by atoms with van der Waals surface area (Å²) in [6.07, 6.45) is 16.2. The molecule has 0 spiro atoms. The van der Waals surface area contributed by atoms with Gasteiger partial charge in [0.2, 0.25) is 0 Å². The fourth-order valence-electron chi connectivity index (χ4n) is 3.58. The predicted molar refractivity (Wildman–Crippen MR) is 135 cm³/mol. The second-order valence-electron chi connectivity index (χ2n) is 8.93. The van der Waals surface area contributed by atoms with Crippen LogP contribution in [0.2, 0.25) is 0 Å². The summed E-state index contributed by atoms with van der Waals surface area (Å²) < 4.78 is 11.2. The van der Waals surface area contributed by atoms with Crippen LogP contribution in [0.4, 0.5) is 0 Å². The number of nitrogens with zero attached hydrogens (tertiary/aromatic N) is 2. The van der Waals surface area contributed by atoms with Crippen molar-refractivity contribution in [2.45, 2.75) is 91.4 Å². The molecule has 1 atom stereocenters. The average molecular weight is 455 g/mol. The molecule has 1 aromatic carbocycles. The Morgan fingerprint density at radius 2 is 1.48 bits per heavy atom. The molecule has 0 N–H and O–H groups in total. The van der Waals surface area contributed by atoms with Crippen LogP contribution in [0.25, 0.3) is 11.4 Å². The average Bonchev–Trinajstić information content (AvgIpc) is 2.85. The van der Waals surface area contributed by atoms with Crippen LogP contribution in [0, 0.1) is 5.92 Å². The van der Waals surface area contributed by atoms with Crippen molar-refractivity contribution in [3.8, 4) is 17.1 Å². The highest BCUT2D eigenvalue weighted by Gasteiger charge is 2.10. The van der Waals surface area contributed by atoms with Crippen molar-refractivity contribution in [3.63, 3.8) is 0 Å². The van der Waals surface area contributed by atoms with Gasteiger partial charge in [0.05, 0.1) is 18.8 Å². The lowest BCUT2D eigenvalue weighted by Crippen LogP contribution is -2.08. The Bertz CT molecular complexity index is 775. The molecule has 1 aromatic heterocycles. The smallest absolute Gasteiger partial charge is 0.341 e. The lowest BCUT2D eigenvalue weighted by atomic mass is 10.0. The standard InChI is InChI=1S/C28H42N2O3/c1-4-6-7-8-9-12-19-32-26-17-15-24(16-18-26)27-29-21-25(22-30-27)28(31)33-20-13-10-11-14-23(3)5-2/h15-18,21-23H,4-14,19-20H2,1-3H3/t23-/m0/s1. The summed E-state index contributed by atoms with van der Waals surface area (Å²) in [5.74, 6) is 1.86. The number of unbranched alkanes of at least 4 members (excludes halogenated alkanes) is 7. The van der Waals surface area contributed by atoms with Gasteiger partial charge < -0.3 is 9.47 Å². The molecule has 0 aliphatic rings. The van der Waals surface area contributed by atoms with E-state index in [0.29, 0.717) is 18.0 Å². The SMILES string of the molecule is CCCCCCCCOc1ccc(-c2ncc(C(=O)OCCCCC[C@@H](C)CC)cn2)cc1. The summed E-state index contributed by atoms with van der Waals surface area (Å²) in [4.78, 5) is 20.9. The third-order valence-corrected chi connectivity index (χ3v) is 6.04. The first-order valence-electron chi connectivity index (χ1n) is 12.9. The van der Waals surface area contributed by atoms with E-state index >= 15 is 0 Å². The predicted octanol–water partition coefficient (Wildman–Crippen LogP) is 7.65. The van der Waals surface area contributed by atoms with Crippen LogP contribution >= 0.6 is 0 Å². The van der Waals surface area contributed by atoms with E-state index in [9.17, 15) is 4.79 Å². The molecule has 0 saturated heterocycles. The molecule has 0 fully saturated rings. The highest BCUT2D eigenvalue weighted by atomic mass is 16.5. The van der Waals surface area contributed by atoms with Gasteiger partial charge in [-0.3, -0.25) is 0 Å². The zero-order valence-corrected chi connectivity index (χ0v) is 20.9. The van der Waals surface area contributed by atoms with E-state index in [0.717, 1.165) is 43.1 Å². The Morgan fingerprint density at radius 3 is 2.18 bits per heavy atom. The van der Waals surface area contributed by atoms with Crippen LogP contribution in [-0.4, -0.2) is 29.2 Å². The Labute approximate surface area is 200 Å². The quantitative estimate of drug-likeness (QED) is 0.181. The monoisotopic (exact) mass is 454 g/mol. The lowest BCUT2D eigenvalue weighted by Gasteiger charge is -2.08. The van der Waals surface area contributed by atoms with E-state index in [2.05, 4.69) is 30.7 Å². The minimum atomic E-state index is -0.359. The highest BCUT2D eigenvalue weighted by molar-refractivity contribution is 5.88. The van der Waals surface area contributed by atoms with E-state index in [4.69, 9.17) is 9.47 Å². The third kappa shape index (κ3) is 10.8. The molecule has 182 valence electrons. The Kier molecular flexibility index (Phi) is 13.2. The number of carbonyl (C=O) groups excluding carboxylic acids is 1. The molecule has 33 heavy (non-hydrogen) atoms. The molecule has 0 bridgehead atoms. The number of rotatable bonds is 17. The minimum Gasteiger partial charge on any atom is -0.494 e. The summed E-state index contributed by atoms with van der Waals surface area (Å²) in [6, 6.07) is 7.78. The van der Waals surface area contributed by atoms with Gasteiger partial charge in [-0.2, -0.15) is 0 Å². The van der Waals surface area contributed by atoms with Crippen molar-refractivity contribution in [1.29, 1.82) is 0 Å². The Balaban J connectivity index is 1.69. The third-order valence-electron chi connectivity index (χ3n) is 6.04. The van der Waals surface area contributed by atoms with Crippen LogP contribution in [0.15, 0.2) is 36.7 Å². The Morgan fingerprint density at radius 1 is 0.848 bits per heavy atom. The second-order valence-corrected chi connectivity index (χ2v) is 8.93. The number of ether oxygens (including phenoxy) is 2. The first-order chi connectivity index (χ1) is 16.1. The van der Waals surface area contributed by atoms with Crippen molar-refractivity contribution >= 4 is 5.97 Å². The summed E-state index contributed by atoms with van der Waals surface area (Å²) in [5.41, 5.74) is 1.28. The van der Waals surface area contributed by atoms with E-state index in [1.54, 1.807) is 0 Å². The van der Waals surface area contributed by atoms with Crippen LogP contribution in [-0.2, 0) is 4.74 Å². The molecule has 1 heterocycles. The second kappa shape index (κ2) is 16.2. The van der Waals surface area contributed by atoms with E-state index in [-0.39, 0.29) is 5.97 Å². The molecule has 2 aromatic rings. The van der Waals surface area contributed by atoms with E-state index in [1.807, 2.05) is 24.3 Å².